The van der Waals surface area contributed by atoms with E-state index in [2.05, 4.69) is 0 Å². The molecule has 0 aromatic heterocycles. The van der Waals surface area contributed by atoms with Gasteiger partial charge in [-0.25, -0.2) is 0 Å². The molecule has 0 aromatic carbocycles. The third kappa shape index (κ3) is 2.81. The third-order valence-corrected chi connectivity index (χ3v) is 2.66. The summed E-state index contributed by atoms with van der Waals surface area (Å²) in [4.78, 5) is 10.2. The molecular formula is C9H17NO2. The Morgan fingerprint density at radius 2 is 2.00 bits per heavy atom. The SMILES string of the molecule is NC1(CCCC(=O)O)CCCC1. The van der Waals surface area contributed by atoms with Gasteiger partial charge >= 0.3 is 5.97 Å². The number of aliphatic carboxylic acids is 1. The zero-order valence-corrected chi connectivity index (χ0v) is 7.38. The van der Waals surface area contributed by atoms with E-state index in [9.17, 15) is 4.79 Å². The van der Waals surface area contributed by atoms with Crippen LogP contribution in [0.4, 0.5) is 0 Å². The van der Waals surface area contributed by atoms with E-state index in [0.29, 0.717) is 0 Å². The van der Waals surface area contributed by atoms with E-state index in [-0.39, 0.29) is 12.0 Å². The van der Waals surface area contributed by atoms with Gasteiger partial charge in [0.25, 0.3) is 0 Å². The van der Waals surface area contributed by atoms with Crippen LogP contribution >= 0.6 is 0 Å². The minimum absolute atomic E-state index is 0.0323. The second-order valence-electron chi connectivity index (χ2n) is 3.82. The minimum atomic E-state index is -0.711. The Kier molecular flexibility index (Phi) is 3.09. The normalized spacial score (nSPS) is 21.1. The van der Waals surface area contributed by atoms with Crippen molar-refractivity contribution >= 4 is 5.97 Å². The Morgan fingerprint density at radius 1 is 1.42 bits per heavy atom. The van der Waals surface area contributed by atoms with Crippen LogP contribution in [0.5, 0.6) is 0 Å². The first-order chi connectivity index (χ1) is 5.62. The van der Waals surface area contributed by atoms with E-state index >= 15 is 0 Å². The minimum Gasteiger partial charge on any atom is -0.481 e. The third-order valence-electron chi connectivity index (χ3n) is 2.66. The van der Waals surface area contributed by atoms with Crippen molar-refractivity contribution in [1.29, 1.82) is 0 Å². The fourth-order valence-corrected chi connectivity index (χ4v) is 1.92. The highest BCUT2D eigenvalue weighted by molar-refractivity contribution is 5.66. The van der Waals surface area contributed by atoms with Crippen molar-refractivity contribution < 1.29 is 9.90 Å². The molecule has 0 spiro atoms. The Hall–Kier alpha value is -0.570. The average Bonchev–Trinajstić information content (AvgIpc) is 2.35. The number of hydrogen-bond donors (Lipinski definition) is 2. The number of carbonyl (C=O) groups is 1. The van der Waals surface area contributed by atoms with Gasteiger partial charge in [0.1, 0.15) is 0 Å². The molecule has 0 radical (unpaired) electrons. The molecule has 0 heterocycles. The average molecular weight is 171 g/mol. The molecule has 1 saturated carbocycles. The summed E-state index contributed by atoms with van der Waals surface area (Å²) in [6.07, 6.45) is 6.44. The van der Waals surface area contributed by atoms with Gasteiger partial charge in [0, 0.05) is 12.0 Å². The molecule has 1 aliphatic carbocycles. The van der Waals surface area contributed by atoms with Crippen LogP contribution in [0.2, 0.25) is 0 Å². The van der Waals surface area contributed by atoms with Crippen LogP contribution in [0.3, 0.4) is 0 Å². The summed E-state index contributed by atoms with van der Waals surface area (Å²) in [5, 5.41) is 8.43. The predicted molar refractivity (Wildman–Crippen MR) is 46.9 cm³/mol. The molecule has 0 amide bonds. The zero-order valence-electron chi connectivity index (χ0n) is 7.38. The van der Waals surface area contributed by atoms with E-state index in [4.69, 9.17) is 10.8 Å². The van der Waals surface area contributed by atoms with Gasteiger partial charge in [-0.3, -0.25) is 4.79 Å². The van der Waals surface area contributed by atoms with Crippen molar-refractivity contribution in [2.24, 2.45) is 5.73 Å². The molecule has 1 aliphatic rings. The monoisotopic (exact) mass is 171 g/mol. The lowest BCUT2D eigenvalue weighted by molar-refractivity contribution is -0.137. The number of rotatable bonds is 4. The summed E-state index contributed by atoms with van der Waals surface area (Å²) in [5.41, 5.74) is 6.02. The summed E-state index contributed by atoms with van der Waals surface area (Å²) in [6, 6.07) is 0. The van der Waals surface area contributed by atoms with Crippen molar-refractivity contribution in [1.82, 2.24) is 0 Å². The molecule has 3 N–H and O–H groups in total. The number of carboxylic acid groups (broad SMARTS) is 1. The van der Waals surface area contributed by atoms with Crippen LogP contribution in [0.25, 0.3) is 0 Å². The Morgan fingerprint density at radius 3 is 2.50 bits per heavy atom. The molecule has 70 valence electrons. The van der Waals surface area contributed by atoms with Gasteiger partial charge in [-0.2, -0.15) is 0 Å². The fraction of sp³-hybridized carbons (Fsp3) is 0.889. The predicted octanol–water partition coefficient (Wildman–Crippen LogP) is 1.51. The summed E-state index contributed by atoms with van der Waals surface area (Å²) in [5.74, 6) is -0.711. The molecule has 0 bridgehead atoms. The van der Waals surface area contributed by atoms with Gasteiger partial charge in [-0.15, -0.1) is 0 Å². The Bertz CT molecular complexity index is 162. The van der Waals surface area contributed by atoms with E-state index in [1.54, 1.807) is 0 Å². The second-order valence-corrected chi connectivity index (χ2v) is 3.82. The topological polar surface area (TPSA) is 63.3 Å². The highest BCUT2D eigenvalue weighted by Crippen LogP contribution is 2.31. The number of carboxylic acids is 1. The molecule has 3 heteroatoms. The molecule has 3 nitrogen and oxygen atoms in total. The Labute approximate surface area is 72.9 Å². The molecule has 0 atom stereocenters. The van der Waals surface area contributed by atoms with Gasteiger partial charge in [0.2, 0.25) is 0 Å². The van der Waals surface area contributed by atoms with Gasteiger partial charge in [0.05, 0.1) is 0 Å². The smallest absolute Gasteiger partial charge is 0.303 e. The first kappa shape index (κ1) is 9.52. The maximum Gasteiger partial charge on any atom is 0.303 e. The second kappa shape index (κ2) is 3.90. The van der Waals surface area contributed by atoms with E-state index < -0.39 is 5.97 Å². The summed E-state index contributed by atoms with van der Waals surface area (Å²) in [6.45, 7) is 0. The van der Waals surface area contributed by atoms with Crippen LogP contribution < -0.4 is 5.73 Å². The van der Waals surface area contributed by atoms with Crippen LogP contribution in [-0.2, 0) is 4.79 Å². The van der Waals surface area contributed by atoms with Crippen molar-refractivity contribution in [3.63, 3.8) is 0 Å². The molecule has 1 fully saturated rings. The van der Waals surface area contributed by atoms with Crippen LogP contribution in [0, 0.1) is 0 Å². The fourth-order valence-electron chi connectivity index (χ4n) is 1.92. The van der Waals surface area contributed by atoms with E-state index in [0.717, 1.165) is 25.7 Å². The first-order valence-electron chi connectivity index (χ1n) is 4.63. The maximum atomic E-state index is 10.2. The lowest BCUT2D eigenvalue weighted by atomic mass is 9.92. The molecule has 0 aromatic rings. The summed E-state index contributed by atoms with van der Waals surface area (Å²) in [7, 11) is 0. The summed E-state index contributed by atoms with van der Waals surface area (Å²) >= 11 is 0. The van der Waals surface area contributed by atoms with Gasteiger partial charge in [0.15, 0.2) is 0 Å². The first-order valence-corrected chi connectivity index (χ1v) is 4.63. The van der Waals surface area contributed by atoms with Crippen molar-refractivity contribution in [2.75, 3.05) is 0 Å². The highest BCUT2D eigenvalue weighted by Gasteiger charge is 2.28. The lowest BCUT2D eigenvalue weighted by Crippen LogP contribution is -2.36. The largest absolute Gasteiger partial charge is 0.481 e. The highest BCUT2D eigenvalue weighted by atomic mass is 16.4. The van der Waals surface area contributed by atoms with Gasteiger partial charge < -0.3 is 10.8 Å². The van der Waals surface area contributed by atoms with Crippen molar-refractivity contribution in [2.45, 2.75) is 50.5 Å². The van der Waals surface area contributed by atoms with Gasteiger partial charge in [-0.1, -0.05) is 12.8 Å². The van der Waals surface area contributed by atoms with Crippen LogP contribution in [-0.4, -0.2) is 16.6 Å². The zero-order chi connectivity index (χ0) is 9.03. The van der Waals surface area contributed by atoms with Crippen LogP contribution in [0.15, 0.2) is 0 Å². The van der Waals surface area contributed by atoms with Crippen molar-refractivity contribution in [3.8, 4) is 0 Å². The Balaban J connectivity index is 2.17. The van der Waals surface area contributed by atoms with Crippen LogP contribution in [0.1, 0.15) is 44.9 Å². The van der Waals surface area contributed by atoms with E-state index in [1.165, 1.54) is 12.8 Å². The molecule has 1 rings (SSSR count). The maximum absolute atomic E-state index is 10.2. The number of hydrogen-bond acceptors (Lipinski definition) is 2. The molecule has 0 saturated heterocycles. The molecule has 12 heavy (non-hydrogen) atoms. The molecular weight excluding hydrogens is 154 g/mol. The summed E-state index contributed by atoms with van der Waals surface area (Å²) < 4.78 is 0. The van der Waals surface area contributed by atoms with Gasteiger partial charge in [-0.05, 0) is 25.7 Å². The number of nitrogens with two attached hydrogens (primary N) is 1. The quantitative estimate of drug-likeness (QED) is 0.674. The standard InChI is InChI=1S/C9H17NO2/c10-9(5-1-2-6-9)7-3-4-8(11)12/h1-7,10H2,(H,11,12). The lowest BCUT2D eigenvalue weighted by Gasteiger charge is -2.22. The van der Waals surface area contributed by atoms with Crippen molar-refractivity contribution in [3.05, 3.63) is 0 Å². The molecule has 0 unspecified atom stereocenters. The molecule has 0 aliphatic heterocycles. The van der Waals surface area contributed by atoms with E-state index in [1.807, 2.05) is 0 Å².